The monoisotopic (exact) mass is 244 g/mol. The first-order chi connectivity index (χ1) is 8.48. The Labute approximate surface area is 106 Å². The van der Waals surface area contributed by atoms with Crippen LogP contribution in [0, 0.1) is 12.3 Å². The Hall–Kier alpha value is -1.84. The highest BCUT2D eigenvalue weighted by Crippen LogP contribution is 2.37. The molecule has 0 amide bonds. The molecule has 2 aromatic rings. The molecule has 4 heteroatoms. The van der Waals surface area contributed by atoms with Gasteiger partial charge in [-0.2, -0.15) is 0 Å². The Morgan fingerprint density at radius 3 is 2.83 bits per heavy atom. The predicted octanol–water partition coefficient (Wildman–Crippen LogP) is 2.93. The molecule has 1 aliphatic rings. The summed E-state index contributed by atoms with van der Waals surface area (Å²) in [6.45, 7) is 6.25. The normalized spacial score (nSPS) is 17.8. The van der Waals surface area contributed by atoms with Crippen LogP contribution in [0.15, 0.2) is 22.9 Å². The van der Waals surface area contributed by atoms with Crippen LogP contribution in [-0.2, 0) is 6.42 Å². The van der Waals surface area contributed by atoms with Crippen LogP contribution in [-0.4, -0.2) is 15.5 Å². The van der Waals surface area contributed by atoms with E-state index in [2.05, 4.69) is 19.0 Å². The van der Waals surface area contributed by atoms with Crippen molar-refractivity contribution in [3.8, 4) is 5.82 Å². The van der Waals surface area contributed by atoms with Crippen LogP contribution in [0.3, 0.4) is 0 Å². The maximum atomic E-state index is 12.2. The minimum absolute atomic E-state index is 0.0103. The zero-order valence-electron chi connectivity index (χ0n) is 10.9. The third kappa shape index (κ3) is 1.60. The number of carbonyl (C=O) groups excluding carboxylic acids is 1. The van der Waals surface area contributed by atoms with Gasteiger partial charge in [0, 0.05) is 29.4 Å². The van der Waals surface area contributed by atoms with Gasteiger partial charge in [0.25, 0.3) is 0 Å². The predicted molar refractivity (Wildman–Crippen MR) is 67.0 cm³/mol. The lowest BCUT2D eigenvalue weighted by Gasteiger charge is -2.29. The zero-order chi connectivity index (χ0) is 12.9. The van der Waals surface area contributed by atoms with Crippen molar-refractivity contribution < 1.29 is 9.32 Å². The van der Waals surface area contributed by atoms with Crippen molar-refractivity contribution in [3.05, 3.63) is 35.3 Å². The minimum atomic E-state index is 0.0103. The molecule has 2 heterocycles. The van der Waals surface area contributed by atoms with Crippen LogP contribution in [0.5, 0.6) is 0 Å². The Morgan fingerprint density at radius 2 is 2.17 bits per heavy atom. The van der Waals surface area contributed by atoms with E-state index < -0.39 is 0 Å². The number of aromatic nitrogens is 2. The lowest BCUT2D eigenvalue weighted by atomic mass is 9.76. The maximum absolute atomic E-state index is 12.2. The standard InChI is InChI=1S/C14H16N2O2/c1-9-6-10-11(7-14(2,3)8-12(10)17)16(9)13-4-5-18-15-13/h4-6H,7-8H2,1-3H3. The molecule has 0 fully saturated rings. The molecule has 3 rings (SSSR count). The first-order valence-electron chi connectivity index (χ1n) is 6.13. The van der Waals surface area contributed by atoms with Gasteiger partial charge < -0.3 is 4.52 Å². The van der Waals surface area contributed by atoms with Crippen molar-refractivity contribution in [2.45, 2.75) is 33.6 Å². The molecular formula is C14H16N2O2. The third-order valence-corrected chi connectivity index (χ3v) is 3.53. The van der Waals surface area contributed by atoms with Crippen LogP contribution in [0.25, 0.3) is 5.82 Å². The summed E-state index contributed by atoms with van der Waals surface area (Å²) < 4.78 is 6.93. The van der Waals surface area contributed by atoms with Crippen molar-refractivity contribution >= 4 is 5.78 Å². The van der Waals surface area contributed by atoms with Gasteiger partial charge in [0.05, 0.1) is 0 Å². The number of aryl methyl sites for hydroxylation is 1. The summed E-state index contributed by atoms with van der Waals surface area (Å²) in [4.78, 5) is 12.2. The molecule has 0 N–H and O–H groups in total. The van der Waals surface area contributed by atoms with E-state index in [1.54, 1.807) is 6.26 Å². The van der Waals surface area contributed by atoms with Gasteiger partial charge in [0.15, 0.2) is 11.6 Å². The summed E-state index contributed by atoms with van der Waals surface area (Å²) in [6.07, 6.45) is 3.05. The smallest absolute Gasteiger partial charge is 0.180 e. The summed E-state index contributed by atoms with van der Waals surface area (Å²) >= 11 is 0. The second-order valence-corrected chi connectivity index (χ2v) is 5.78. The topological polar surface area (TPSA) is 48.0 Å². The number of Topliss-reactive ketones (excluding diaryl/α,β-unsaturated/α-hetero) is 1. The molecule has 0 atom stereocenters. The lowest BCUT2D eigenvalue weighted by Crippen LogP contribution is -2.27. The van der Waals surface area contributed by atoms with Crippen LogP contribution in [0.2, 0.25) is 0 Å². The van der Waals surface area contributed by atoms with Gasteiger partial charge in [-0.3, -0.25) is 9.36 Å². The molecule has 94 valence electrons. The van der Waals surface area contributed by atoms with E-state index in [1.165, 1.54) is 0 Å². The molecule has 0 spiro atoms. The number of nitrogens with zero attached hydrogens (tertiary/aromatic N) is 2. The fraction of sp³-hybridized carbons (Fsp3) is 0.429. The van der Waals surface area contributed by atoms with Crippen LogP contribution in [0.4, 0.5) is 0 Å². The molecule has 0 bridgehead atoms. The van der Waals surface area contributed by atoms with E-state index in [9.17, 15) is 4.79 Å². The average molecular weight is 244 g/mol. The number of rotatable bonds is 1. The van der Waals surface area contributed by atoms with E-state index in [0.717, 1.165) is 29.2 Å². The van der Waals surface area contributed by atoms with E-state index >= 15 is 0 Å². The highest BCUT2D eigenvalue weighted by Gasteiger charge is 2.34. The van der Waals surface area contributed by atoms with E-state index in [4.69, 9.17) is 4.52 Å². The lowest BCUT2D eigenvalue weighted by molar-refractivity contribution is 0.0911. The third-order valence-electron chi connectivity index (χ3n) is 3.53. The molecule has 0 aromatic carbocycles. The summed E-state index contributed by atoms with van der Waals surface area (Å²) in [5.74, 6) is 0.978. The van der Waals surface area contributed by atoms with Gasteiger partial charge >= 0.3 is 0 Å². The van der Waals surface area contributed by atoms with Crippen molar-refractivity contribution in [1.82, 2.24) is 9.72 Å². The van der Waals surface area contributed by atoms with Crippen LogP contribution >= 0.6 is 0 Å². The van der Waals surface area contributed by atoms with Crippen LogP contribution in [0.1, 0.15) is 42.0 Å². The summed E-state index contributed by atoms with van der Waals surface area (Å²) in [5, 5.41) is 3.98. The van der Waals surface area contributed by atoms with Crippen molar-refractivity contribution in [3.63, 3.8) is 0 Å². The molecular weight excluding hydrogens is 228 g/mol. The highest BCUT2D eigenvalue weighted by molar-refractivity contribution is 5.99. The van der Waals surface area contributed by atoms with E-state index in [1.807, 2.05) is 23.6 Å². The minimum Gasteiger partial charge on any atom is -0.363 e. The molecule has 2 aromatic heterocycles. The van der Waals surface area contributed by atoms with Crippen molar-refractivity contribution in [2.75, 3.05) is 0 Å². The van der Waals surface area contributed by atoms with Gasteiger partial charge in [0.1, 0.15) is 6.26 Å². The Kier molecular flexibility index (Phi) is 2.24. The molecule has 4 nitrogen and oxygen atoms in total. The summed E-state index contributed by atoms with van der Waals surface area (Å²) in [5.41, 5.74) is 2.94. The van der Waals surface area contributed by atoms with Crippen molar-refractivity contribution in [2.24, 2.45) is 5.41 Å². The second kappa shape index (κ2) is 3.57. The van der Waals surface area contributed by atoms with Gasteiger partial charge in [-0.25, -0.2) is 0 Å². The second-order valence-electron chi connectivity index (χ2n) is 5.78. The molecule has 1 aliphatic carbocycles. The van der Waals surface area contributed by atoms with Gasteiger partial charge in [0.2, 0.25) is 0 Å². The molecule has 0 unspecified atom stereocenters. The number of hydrogen-bond donors (Lipinski definition) is 0. The Bertz CT molecular complexity index is 606. The van der Waals surface area contributed by atoms with Gasteiger partial charge in [-0.05, 0) is 24.8 Å². The number of ketones is 1. The first-order valence-corrected chi connectivity index (χ1v) is 6.13. The number of fused-ring (bicyclic) bond motifs is 1. The molecule has 0 saturated carbocycles. The van der Waals surface area contributed by atoms with Crippen LogP contribution < -0.4 is 0 Å². The maximum Gasteiger partial charge on any atom is 0.180 e. The molecule has 0 radical (unpaired) electrons. The first kappa shape index (κ1) is 11.3. The Balaban J connectivity index is 2.21. The van der Waals surface area contributed by atoms with Crippen molar-refractivity contribution in [1.29, 1.82) is 0 Å². The van der Waals surface area contributed by atoms with E-state index in [-0.39, 0.29) is 11.2 Å². The highest BCUT2D eigenvalue weighted by atomic mass is 16.5. The molecule has 0 aliphatic heterocycles. The fourth-order valence-corrected chi connectivity index (χ4v) is 2.79. The van der Waals surface area contributed by atoms with Gasteiger partial charge in [-0.15, -0.1) is 0 Å². The summed E-state index contributed by atoms with van der Waals surface area (Å²) in [6, 6.07) is 3.78. The largest absolute Gasteiger partial charge is 0.363 e. The van der Waals surface area contributed by atoms with E-state index in [0.29, 0.717) is 6.42 Å². The Morgan fingerprint density at radius 1 is 1.39 bits per heavy atom. The fourth-order valence-electron chi connectivity index (χ4n) is 2.79. The number of hydrogen-bond acceptors (Lipinski definition) is 3. The molecule has 18 heavy (non-hydrogen) atoms. The van der Waals surface area contributed by atoms with Gasteiger partial charge in [-0.1, -0.05) is 19.0 Å². The quantitative estimate of drug-likeness (QED) is 0.775. The summed E-state index contributed by atoms with van der Waals surface area (Å²) in [7, 11) is 0. The zero-order valence-corrected chi connectivity index (χ0v) is 10.9. The SMILES string of the molecule is Cc1cc2c(n1-c1ccon1)CC(C)(C)CC2=O. The molecule has 0 saturated heterocycles. The number of carbonyl (C=O) groups is 1. The average Bonchev–Trinajstić information content (AvgIpc) is 2.83.